The number of amides is 1. The van der Waals surface area contributed by atoms with Gasteiger partial charge >= 0.3 is 0 Å². The number of piperidine rings is 1. The fourth-order valence-corrected chi connectivity index (χ4v) is 2.99. The van der Waals surface area contributed by atoms with Crippen LogP contribution in [0, 0.1) is 5.92 Å². The fourth-order valence-electron chi connectivity index (χ4n) is 2.99. The van der Waals surface area contributed by atoms with Gasteiger partial charge in [-0.15, -0.1) is 0 Å². The maximum atomic E-state index is 11.7. The molecule has 1 amide bonds. The fraction of sp³-hybridized carbons (Fsp3) is 0.375. The molecule has 21 heavy (non-hydrogen) atoms. The number of anilines is 1. The second kappa shape index (κ2) is 5.69. The van der Waals surface area contributed by atoms with E-state index >= 15 is 0 Å². The number of nitrogens with zero attached hydrogens (tertiary/aromatic N) is 2. The Kier molecular flexibility index (Phi) is 3.75. The molecule has 1 aromatic heterocycles. The molecule has 1 aromatic carbocycles. The molecule has 5 heteroatoms. The van der Waals surface area contributed by atoms with Gasteiger partial charge in [0.1, 0.15) is 5.82 Å². The van der Waals surface area contributed by atoms with Crippen LogP contribution >= 0.6 is 0 Å². The van der Waals surface area contributed by atoms with Gasteiger partial charge in [-0.2, -0.15) is 0 Å². The maximum Gasteiger partial charge on any atom is 0.249 e. The first kappa shape index (κ1) is 13.8. The molecule has 0 saturated carbocycles. The molecule has 1 aliphatic heterocycles. The summed E-state index contributed by atoms with van der Waals surface area (Å²) in [7, 11) is 0. The molecule has 5 nitrogen and oxygen atoms in total. The molecule has 0 radical (unpaired) electrons. The highest BCUT2D eigenvalue weighted by Crippen LogP contribution is 2.26. The van der Waals surface area contributed by atoms with Crippen molar-refractivity contribution in [1.29, 1.82) is 0 Å². The number of primary amides is 1. The molecule has 3 rings (SSSR count). The van der Waals surface area contributed by atoms with E-state index in [-0.39, 0.29) is 0 Å². The highest BCUT2D eigenvalue weighted by molar-refractivity contribution is 6.06. The van der Waals surface area contributed by atoms with Gasteiger partial charge < -0.3 is 16.4 Å². The lowest BCUT2D eigenvalue weighted by atomic mass is 9.98. The molecule has 1 atom stereocenters. The quantitative estimate of drug-likeness (QED) is 0.894. The Labute approximate surface area is 123 Å². The Balaban J connectivity index is 2.04. The van der Waals surface area contributed by atoms with Gasteiger partial charge in [-0.1, -0.05) is 18.2 Å². The first-order valence-corrected chi connectivity index (χ1v) is 7.33. The number of fused-ring (bicyclic) bond motifs is 1. The number of pyridine rings is 1. The van der Waals surface area contributed by atoms with Gasteiger partial charge in [0, 0.05) is 18.5 Å². The Morgan fingerprint density at radius 1 is 1.38 bits per heavy atom. The van der Waals surface area contributed by atoms with E-state index in [0.717, 1.165) is 42.7 Å². The number of hydrogen-bond donors (Lipinski definition) is 2. The van der Waals surface area contributed by atoms with E-state index < -0.39 is 5.91 Å². The van der Waals surface area contributed by atoms with Crippen LogP contribution in [0.15, 0.2) is 30.3 Å². The van der Waals surface area contributed by atoms with Gasteiger partial charge in [-0.05, 0) is 37.4 Å². The summed E-state index contributed by atoms with van der Waals surface area (Å²) < 4.78 is 0. The second-order valence-corrected chi connectivity index (χ2v) is 5.60. The average Bonchev–Trinajstić information content (AvgIpc) is 2.53. The van der Waals surface area contributed by atoms with Gasteiger partial charge in [-0.25, -0.2) is 4.98 Å². The summed E-state index contributed by atoms with van der Waals surface area (Å²) in [6.45, 7) is 2.52. The number of hydrogen-bond acceptors (Lipinski definition) is 4. The minimum atomic E-state index is -0.415. The molecule has 2 heterocycles. The molecule has 4 N–H and O–H groups in total. The van der Waals surface area contributed by atoms with Crippen LogP contribution in [-0.4, -0.2) is 30.5 Å². The third-order valence-corrected chi connectivity index (χ3v) is 4.14. The van der Waals surface area contributed by atoms with Crippen LogP contribution in [0.5, 0.6) is 0 Å². The molecule has 0 bridgehead atoms. The van der Waals surface area contributed by atoms with E-state index in [1.165, 1.54) is 0 Å². The van der Waals surface area contributed by atoms with Crippen LogP contribution in [0.3, 0.4) is 0 Å². The summed E-state index contributed by atoms with van der Waals surface area (Å²) in [6, 6.07) is 9.41. The van der Waals surface area contributed by atoms with Gasteiger partial charge in [0.15, 0.2) is 0 Å². The number of carbonyl (C=O) groups is 1. The molecular weight excluding hydrogens is 264 g/mol. The molecule has 1 fully saturated rings. The SMILES string of the molecule is NCC1CCCN(c2cc(C(N)=O)c3ccccc3n2)C1. The molecule has 0 aliphatic carbocycles. The van der Waals surface area contributed by atoms with E-state index in [1.54, 1.807) is 0 Å². The highest BCUT2D eigenvalue weighted by Gasteiger charge is 2.21. The number of para-hydroxylation sites is 1. The zero-order valence-corrected chi connectivity index (χ0v) is 12.0. The third kappa shape index (κ3) is 2.69. The van der Waals surface area contributed by atoms with Crippen molar-refractivity contribution in [3.8, 4) is 0 Å². The largest absolute Gasteiger partial charge is 0.366 e. The monoisotopic (exact) mass is 284 g/mol. The molecule has 1 unspecified atom stereocenters. The summed E-state index contributed by atoms with van der Waals surface area (Å²) in [5.41, 5.74) is 12.7. The lowest BCUT2D eigenvalue weighted by molar-refractivity contribution is 0.100. The van der Waals surface area contributed by atoms with E-state index in [0.29, 0.717) is 18.0 Å². The zero-order valence-electron chi connectivity index (χ0n) is 12.0. The van der Waals surface area contributed by atoms with E-state index in [2.05, 4.69) is 9.88 Å². The van der Waals surface area contributed by atoms with Crippen LogP contribution in [0.1, 0.15) is 23.2 Å². The maximum absolute atomic E-state index is 11.7. The van der Waals surface area contributed by atoms with E-state index in [9.17, 15) is 4.79 Å². The molecule has 110 valence electrons. The van der Waals surface area contributed by atoms with Gasteiger partial charge in [-0.3, -0.25) is 4.79 Å². The van der Waals surface area contributed by atoms with Crippen molar-refractivity contribution in [2.75, 3.05) is 24.5 Å². The Bertz CT molecular complexity index is 670. The zero-order chi connectivity index (χ0) is 14.8. The Hall–Kier alpha value is -2.14. The van der Waals surface area contributed by atoms with Crippen LogP contribution < -0.4 is 16.4 Å². The Morgan fingerprint density at radius 2 is 2.19 bits per heavy atom. The number of carbonyl (C=O) groups excluding carboxylic acids is 1. The lowest BCUT2D eigenvalue weighted by Gasteiger charge is -2.33. The second-order valence-electron chi connectivity index (χ2n) is 5.60. The van der Waals surface area contributed by atoms with Crippen molar-refractivity contribution in [1.82, 2.24) is 4.98 Å². The molecule has 2 aromatic rings. The molecule has 1 aliphatic rings. The van der Waals surface area contributed by atoms with Crippen LogP contribution in [0.4, 0.5) is 5.82 Å². The van der Waals surface area contributed by atoms with Gasteiger partial charge in [0.25, 0.3) is 0 Å². The predicted octanol–water partition coefficient (Wildman–Crippen LogP) is 1.51. The summed E-state index contributed by atoms with van der Waals surface area (Å²) in [4.78, 5) is 18.6. The first-order chi connectivity index (χ1) is 10.2. The predicted molar refractivity (Wildman–Crippen MR) is 84.3 cm³/mol. The van der Waals surface area contributed by atoms with Gasteiger partial charge in [0.05, 0.1) is 11.1 Å². The highest BCUT2D eigenvalue weighted by atomic mass is 16.1. The normalized spacial score (nSPS) is 18.9. The van der Waals surface area contributed by atoms with Crippen LogP contribution in [-0.2, 0) is 0 Å². The average molecular weight is 284 g/mol. The first-order valence-electron chi connectivity index (χ1n) is 7.33. The van der Waals surface area contributed by atoms with Crippen molar-refractivity contribution in [2.24, 2.45) is 17.4 Å². The van der Waals surface area contributed by atoms with Crippen LogP contribution in [0.2, 0.25) is 0 Å². The standard InChI is InChI=1S/C16H20N4O/c17-9-11-4-3-7-20(10-11)15-8-13(16(18)21)12-5-1-2-6-14(12)19-15/h1-2,5-6,8,11H,3-4,7,9-10,17H2,(H2,18,21). The molecular formula is C16H20N4O. The van der Waals surface area contributed by atoms with Crippen molar-refractivity contribution in [3.05, 3.63) is 35.9 Å². The summed E-state index contributed by atoms with van der Waals surface area (Å²) in [5, 5.41) is 0.807. The van der Waals surface area contributed by atoms with E-state index in [4.69, 9.17) is 11.5 Å². The van der Waals surface area contributed by atoms with Crippen molar-refractivity contribution in [3.63, 3.8) is 0 Å². The molecule has 1 saturated heterocycles. The number of aromatic nitrogens is 1. The van der Waals surface area contributed by atoms with Gasteiger partial charge in [0.2, 0.25) is 5.91 Å². The number of benzene rings is 1. The lowest BCUT2D eigenvalue weighted by Crippen LogP contribution is -2.39. The Morgan fingerprint density at radius 3 is 2.95 bits per heavy atom. The minimum absolute atomic E-state index is 0.415. The summed E-state index contributed by atoms with van der Waals surface area (Å²) in [5.74, 6) is 0.895. The topological polar surface area (TPSA) is 85.2 Å². The van der Waals surface area contributed by atoms with Crippen molar-refractivity contribution < 1.29 is 4.79 Å². The van der Waals surface area contributed by atoms with Crippen molar-refractivity contribution >= 4 is 22.6 Å². The van der Waals surface area contributed by atoms with Crippen molar-refractivity contribution in [2.45, 2.75) is 12.8 Å². The minimum Gasteiger partial charge on any atom is -0.366 e. The molecule has 0 spiro atoms. The third-order valence-electron chi connectivity index (χ3n) is 4.14. The summed E-state index contributed by atoms with van der Waals surface area (Å²) >= 11 is 0. The number of nitrogens with two attached hydrogens (primary N) is 2. The summed E-state index contributed by atoms with van der Waals surface area (Å²) in [6.07, 6.45) is 2.26. The number of rotatable bonds is 3. The van der Waals surface area contributed by atoms with Crippen LogP contribution in [0.25, 0.3) is 10.9 Å². The smallest absolute Gasteiger partial charge is 0.249 e. The van der Waals surface area contributed by atoms with E-state index in [1.807, 2.05) is 30.3 Å².